The molecule has 0 aromatic heterocycles. The van der Waals surface area contributed by atoms with E-state index in [0.717, 1.165) is 17.2 Å². The van der Waals surface area contributed by atoms with Gasteiger partial charge in [0.15, 0.2) is 0 Å². The van der Waals surface area contributed by atoms with E-state index in [9.17, 15) is 4.79 Å². The molecule has 0 atom stereocenters. The van der Waals surface area contributed by atoms with Crippen LogP contribution in [0.25, 0.3) is 6.08 Å². The number of nitrogens with two attached hydrogens (primary N) is 1. The molecule has 4 heteroatoms. The van der Waals surface area contributed by atoms with Gasteiger partial charge in [-0.3, -0.25) is 0 Å². The molecule has 1 aromatic carbocycles. The van der Waals surface area contributed by atoms with Gasteiger partial charge in [-0.2, -0.15) is 5.10 Å². The number of aliphatic carboxylic acids is 1. The molecule has 0 amide bonds. The van der Waals surface area contributed by atoms with Crippen LogP contribution in [0.2, 0.25) is 0 Å². The zero-order chi connectivity index (χ0) is 10.4. The first-order valence-electron chi connectivity index (χ1n) is 3.96. The summed E-state index contributed by atoms with van der Waals surface area (Å²) in [5.41, 5.74) is 1.70. The molecule has 0 saturated heterocycles. The predicted molar refractivity (Wildman–Crippen MR) is 54.9 cm³/mol. The van der Waals surface area contributed by atoms with Gasteiger partial charge in [0.25, 0.3) is 0 Å². The van der Waals surface area contributed by atoms with Crippen LogP contribution < -0.4 is 5.84 Å². The van der Waals surface area contributed by atoms with E-state index in [1.807, 2.05) is 0 Å². The third-order valence-corrected chi connectivity index (χ3v) is 1.58. The summed E-state index contributed by atoms with van der Waals surface area (Å²) in [5.74, 6) is 4.01. The third kappa shape index (κ3) is 3.10. The van der Waals surface area contributed by atoms with Gasteiger partial charge < -0.3 is 10.9 Å². The summed E-state index contributed by atoms with van der Waals surface area (Å²) in [6.45, 7) is 0. The first kappa shape index (κ1) is 9.98. The Bertz CT molecular complexity index is 366. The molecule has 14 heavy (non-hydrogen) atoms. The van der Waals surface area contributed by atoms with Gasteiger partial charge in [0.2, 0.25) is 0 Å². The van der Waals surface area contributed by atoms with Gasteiger partial charge in [0.1, 0.15) is 0 Å². The summed E-state index contributed by atoms with van der Waals surface area (Å²) >= 11 is 0. The Hall–Kier alpha value is -2.10. The molecule has 72 valence electrons. The molecular weight excluding hydrogens is 180 g/mol. The molecule has 0 radical (unpaired) electrons. The molecule has 0 bridgehead atoms. The lowest BCUT2D eigenvalue weighted by Gasteiger charge is -1.93. The number of hydrogen-bond acceptors (Lipinski definition) is 3. The highest BCUT2D eigenvalue weighted by atomic mass is 16.4. The van der Waals surface area contributed by atoms with Crippen LogP contribution >= 0.6 is 0 Å². The summed E-state index contributed by atoms with van der Waals surface area (Å²) in [6.07, 6.45) is 4.13. The van der Waals surface area contributed by atoms with Crippen molar-refractivity contribution in [3.63, 3.8) is 0 Å². The van der Waals surface area contributed by atoms with Crippen molar-refractivity contribution in [2.45, 2.75) is 0 Å². The first-order valence-corrected chi connectivity index (χ1v) is 3.96. The molecule has 0 saturated carbocycles. The second-order valence-electron chi connectivity index (χ2n) is 2.62. The van der Waals surface area contributed by atoms with E-state index in [1.165, 1.54) is 12.3 Å². The number of carbonyl (C=O) groups is 1. The Balaban J connectivity index is 2.78. The lowest BCUT2D eigenvalue weighted by molar-refractivity contribution is -0.131. The van der Waals surface area contributed by atoms with Crippen LogP contribution in [0.1, 0.15) is 11.1 Å². The number of hydrogen-bond donors (Lipinski definition) is 2. The summed E-state index contributed by atoms with van der Waals surface area (Å²) < 4.78 is 0. The van der Waals surface area contributed by atoms with Crippen molar-refractivity contribution in [1.29, 1.82) is 0 Å². The summed E-state index contributed by atoms with van der Waals surface area (Å²) in [5, 5.41) is 11.8. The maximum absolute atomic E-state index is 10.2. The van der Waals surface area contributed by atoms with Gasteiger partial charge in [-0.25, -0.2) is 4.79 Å². The van der Waals surface area contributed by atoms with Crippen molar-refractivity contribution in [3.05, 3.63) is 41.5 Å². The second-order valence-corrected chi connectivity index (χ2v) is 2.62. The van der Waals surface area contributed by atoms with Crippen LogP contribution in [0.5, 0.6) is 0 Å². The molecule has 0 spiro atoms. The van der Waals surface area contributed by atoms with E-state index in [2.05, 4.69) is 5.10 Å². The first-order chi connectivity index (χ1) is 6.72. The summed E-state index contributed by atoms with van der Waals surface area (Å²) in [6, 6.07) is 7.18. The minimum atomic E-state index is -0.961. The monoisotopic (exact) mass is 190 g/mol. The normalized spacial score (nSPS) is 11.1. The Morgan fingerprint density at radius 3 is 2.36 bits per heavy atom. The van der Waals surface area contributed by atoms with Crippen molar-refractivity contribution in [3.8, 4) is 0 Å². The minimum Gasteiger partial charge on any atom is -0.478 e. The molecule has 0 aliphatic rings. The highest BCUT2D eigenvalue weighted by Gasteiger charge is 1.90. The molecule has 1 aromatic rings. The summed E-state index contributed by atoms with van der Waals surface area (Å²) in [7, 11) is 0. The lowest BCUT2D eigenvalue weighted by atomic mass is 10.1. The SMILES string of the molecule is NN=Cc1ccc(C=CC(=O)O)cc1. The van der Waals surface area contributed by atoms with E-state index < -0.39 is 5.97 Å². The van der Waals surface area contributed by atoms with E-state index in [4.69, 9.17) is 10.9 Å². The van der Waals surface area contributed by atoms with Crippen LogP contribution in [0.15, 0.2) is 35.4 Å². The number of carboxylic acids is 1. The second kappa shape index (κ2) is 4.81. The van der Waals surface area contributed by atoms with Crippen molar-refractivity contribution < 1.29 is 9.90 Å². The molecule has 0 aliphatic heterocycles. The predicted octanol–water partition coefficient (Wildman–Crippen LogP) is 1.08. The van der Waals surface area contributed by atoms with E-state index >= 15 is 0 Å². The molecule has 0 aliphatic carbocycles. The maximum Gasteiger partial charge on any atom is 0.328 e. The Morgan fingerprint density at radius 2 is 1.86 bits per heavy atom. The van der Waals surface area contributed by atoms with E-state index in [-0.39, 0.29) is 0 Å². The molecular formula is C10H10N2O2. The summed E-state index contributed by atoms with van der Waals surface area (Å²) in [4.78, 5) is 10.2. The Morgan fingerprint density at radius 1 is 1.29 bits per heavy atom. The molecule has 4 nitrogen and oxygen atoms in total. The smallest absolute Gasteiger partial charge is 0.328 e. The van der Waals surface area contributed by atoms with Gasteiger partial charge in [0.05, 0.1) is 6.21 Å². The fourth-order valence-corrected chi connectivity index (χ4v) is 0.947. The standard InChI is InChI=1S/C10H10N2O2/c11-12-7-9-3-1-8(2-4-9)5-6-10(13)14/h1-7H,11H2,(H,13,14). The molecule has 1 rings (SSSR count). The van der Waals surface area contributed by atoms with Gasteiger partial charge in [-0.05, 0) is 17.2 Å². The van der Waals surface area contributed by atoms with Crippen molar-refractivity contribution in [2.24, 2.45) is 10.9 Å². The fourth-order valence-electron chi connectivity index (χ4n) is 0.947. The molecule has 0 unspecified atom stereocenters. The quantitative estimate of drug-likeness (QED) is 0.324. The van der Waals surface area contributed by atoms with Crippen molar-refractivity contribution in [2.75, 3.05) is 0 Å². The zero-order valence-electron chi connectivity index (χ0n) is 7.42. The number of rotatable bonds is 3. The lowest BCUT2D eigenvalue weighted by Crippen LogP contribution is -1.87. The third-order valence-electron chi connectivity index (χ3n) is 1.58. The topological polar surface area (TPSA) is 75.7 Å². The molecule has 0 heterocycles. The number of carboxylic acid groups (broad SMARTS) is 1. The van der Waals surface area contributed by atoms with Gasteiger partial charge in [0, 0.05) is 6.08 Å². The molecule has 3 N–H and O–H groups in total. The number of benzene rings is 1. The van der Waals surface area contributed by atoms with E-state index in [1.54, 1.807) is 24.3 Å². The van der Waals surface area contributed by atoms with Gasteiger partial charge >= 0.3 is 5.97 Å². The van der Waals surface area contributed by atoms with Crippen LogP contribution in [-0.4, -0.2) is 17.3 Å². The number of hydrazone groups is 1. The highest BCUT2D eigenvalue weighted by Crippen LogP contribution is 2.04. The minimum absolute atomic E-state index is 0.821. The Kier molecular flexibility index (Phi) is 3.43. The molecule has 0 fully saturated rings. The average Bonchev–Trinajstić information content (AvgIpc) is 2.17. The highest BCUT2D eigenvalue weighted by molar-refractivity contribution is 5.85. The number of nitrogens with zero attached hydrogens (tertiary/aromatic N) is 1. The van der Waals surface area contributed by atoms with Crippen LogP contribution in [0.4, 0.5) is 0 Å². The fraction of sp³-hybridized carbons (Fsp3) is 0. The largest absolute Gasteiger partial charge is 0.478 e. The van der Waals surface area contributed by atoms with Crippen molar-refractivity contribution >= 4 is 18.3 Å². The zero-order valence-corrected chi connectivity index (χ0v) is 7.42. The maximum atomic E-state index is 10.2. The van der Waals surface area contributed by atoms with Crippen molar-refractivity contribution in [1.82, 2.24) is 0 Å². The van der Waals surface area contributed by atoms with Crippen LogP contribution in [0, 0.1) is 0 Å². The van der Waals surface area contributed by atoms with Gasteiger partial charge in [-0.1, -0.05) is 24.3 Å². The Labute approximate surface area is 81.4 Å². The van der Waals surface area contributed by atoms with Crippen LogP contribution in [-0.2, 0) is 4.79 Å². The van der Waals surface area contributed by atoms with E-state index in [0.29, 0.717) is 0 Å². The van der Waals surface area contributed by atoms with Crippen LogP contribution in [0.3, 0.4) is 0 Å². The van der Waals surface area contributed by atoms with Gasteiger partial charge in [-0.15, -0.1) is 0 Å². The average molecular weight is 190 g/mol.